The summed E-state index contributed by atoms with van der Waals surface area (Å²) in [7, 11) is 3.13. The van der Waals surface area contributed by atoms with Crippen molar-refractivity contribution < 1.29 is 32.9 Å². The van der Waals surface area contributed by atoms with Gasteiger partial charge in [-0.15, -0.1) is 0 Å². The molecule has 222 valence electrons. The van der Waals surface area contributed by atoms with Gasteiger partial charge in [0.25, 0.3) is 5.91 Å². The zero-order valence-electron chi connectivity index (χ0n) is 24.3. The molecule has 2 amide bonds. The molecule has 0 spiro atoms. The van der Waals surface area contributed by atoms with Crippen LogP contribution in [0.3, 0.4) is 0 Å². The van der Waals surface area contributed by atoms with Crippen LogP contribution in [0, 0.1) is 12.7 Å². The fourth-order valence-electron chi connectivity index (χ4n) is 5.00. The van der Waals surface area contributed by atoms with Crippen LogP contribution in [0.1, 0.15) is 33.1 Å². The minimum Gasteiger partial charge on any atom is -0.493 e. The molecule has 1 N–H and O–H groups in total. The van der Waals surface area contributed by atoms with E-state index in [4.69, 9.17) is 18.9 Å². The van der Waals surface area contributed by atoms with E-state index in [0.717, 1.165) is 11.1 Å². The van der Waals surface area contributed by atoms with Crippen LogP contribution in [-0.2, 0) is 11.2 Å². The molecule has 4 aromatic carbocycles. The number of fused-ring (bicyclic) bond motifs is 1. The Hall–Kier alpha value is -5.05. The Balaban J connectivity index is 1.49. The molecule has 9 heteroatoms. The molecule has 0 unspecified atom stereocenters. The Bertz CT molecular complexity index is 1610. The molecule has 0 fully saturated rings. The highest BCUT2D eigenvalue weighted by molar-refractivity contribution is 6.10. The normalized spacial score (nSPS) is 12.7. The SMILES string of the molecule is COc1ccc(CCNC(=O)[C@H](c2ccc(F)cc2)N(C(=O)c2ccc3c(c2)OCCO3)c2cccc(C)c2)cc1OC. The topological polar surface area (TPSA) is 86.3 Å². The molecular formula is C34H33FN2O6. The number of rotatable bonds is 10. The Morgan fingerprint density at radius 2 is 1.63 bits per heavy atom. The molecule has 4 aromatic rings. The molecule has 1 aliphatic heterocycles. The van der Waals surface area contributed by atoms with Crippen molar-refractivity contribution in [2.75, 3.05) is 38.9 Å². The number of amides is 2. The number of methoxy groups -OCH3 is 2. The first-order valence-corrected chi connectivity index (χ1v) is 13.9. The number of carbonyl (C=O) groups excluding carboxylic acids is 2. The number of aryl methyl sites for hydroxylation is 1. The second kappa shape index (κ2) is 13.3. The number of hydrogen-bond donors (Lipinski definition) is 1. The van der Waals surface area contributed by atoms with Gasteiger partial charge in [-0.05, 0) is 84.6 Å². The Morgan fingerprint density at radius 1 is 0.884 bits per heavy atom. The Morgan fingerprint density at radius 3 is 2.35 bits per heavy atom. The van der Waals surface area contributed by atoms with E-state index in [1.54, 1.807) is 38.5 Å². The van der Waals surface area contributed by atoms with E-state index in [1.807, 2.05) is 43.3 Å². The number of nitrogens with zero attached hydrogens (tertiary/aromatic N) is 1. The van der Waals surface area contributed by atoms with Crippen LogP contribution in [-0.4, -0.2) is 45.8 Å². The third-order valence-corrected chi connectivity index (χ3v) is 7.14. The summed E-state index contributed by atoms with van der Waals surface area (Å²) in [5.74, 6) is 0.916. The van der Waals surface area contributed by atoms with Gasteiger partial charge >= 0.3 is 0 Å². The average Bonchev–Trinajstić information content (AvgIpc) is 3.03. The molecule has 0 aromatic heterocycles. The quantitative estimate of drug-likeness (QED) is 0.259. The van der Waals surface area contributed by atoms with Crippen molar-refractivity contribution in [3.8, 4) is 23.0 Å². The van der Waals surface area contributed by atoms with Gasteiger partial charge in [-0.3, -0.25) is 14.5 Å². The van der Waals surface area contributed by atoms with Crippen LogP contribution in [0.4, 0.5) is 10.1 Å². The Kier molecular flexibility index (Phi) is 9.10. The van der Waals surface area contributed by atoms with Gasteiger partial charge in [-0.25, -0.2) is 4.39 Å². The van der Waals surface area contributed by atoms with Crippen LogP contribution in [0.15, 0.2) is 84.9 Å². The first kappa shape index (κ1) is 29.4. The summed E-state index contributed by atoms with van der Waals surface area (Å²) in [5, 5.41) is 2.99. The summed E-state index contributed by atoms with van der Waals surface area (Å²) in [6.45, 7) is 2.98. The number of anilines is 1. The van der Waals surface area contributed by atoms with Gasteiger partial charge in [0.15, 0.2) is 23.0 Å². The highest BCUT2D eigenvalue weighted by Gasteiger charge is 2.34. The number of hydrogen-bond acceptors (Lipinski definition) is 6. The number of carbonyl (C=O) groups is 2. The van der Waals surface area contributed by atoms with Crippen LogP contribution in [0.25, 0.3) is 0 Å². The second-order valence-electron chi connectivity index (χ2n) is 10.1. The van der Waals surface area contributed by atoms with Gasteiger partial charge in [0.1, 0.15) is 25.1 Å². The predicted molar refractivity (Wildman–Crippen MR) is 161 cm³/mol. The van der Waals surface area contributed by atoms with Crippen LogP contribution >= 0.6 is 0 Å². The van der Waals surface area contributed by atoms with E-state index in [-0.39, 0.29) is 6.54 Å². The van der Waals surface area contributed by atoms with E-state index in [0.29, 0.717) is 59.4 Å². The van der Waals surface area contributed by atoms with Crippen LogP contribution in [0.5, 0.6) is 23.0 Å². The maximum atomic E-state index is 14.3. The van der Waals surface area contributed by atoms with Crippen molar-refractivity contribution in [1.82, 2.24) is 5.32 Å². The van der Waals surface area contributed by atoms with Crippen molar-refractivity contribution in [3.63, 3.8) is 0 Å². The first-order valence-electron chi connectivity index (χ1n) is 13.9. The molecule has 0 aliphatic carbocycles. The highest BCUT2D eigenvalue weighted by atomic mass is 19.1. The lowest BCUT2D eigenvalue weighted by molar-refractivity contribution is -0.122. The summed E-state index contributed by atoms with van der Waals surface area (Å²) in [5.41, 5.74) is 3.13. The standard InChI is InChI=1S/C34H33FN2O6/c1-22-5-4-6-27(19-22)37(34(39)25-10-14-29-31(21-25)43-18-17-42-29)32(24-8-11-26(35)12-9-24)33(38)36-16-15-23-7-13-28(40-2)30(20-23)41-3/h4-14,19-21,32H,15-18H2,1-3H3,(H,36,38)/t32-/m0/s1. The summed E-state index contributed by atoms with van der Waals surface area (Å²) >= 11 is 0. The monoisotopic (exact) mass is 584 g/mol. The molecule has 0 radical (unpaired) electrons. The molecule has 5 rings (SSSR count). The van der Waals surface area contributed by atoms with Crippen molar-refractivity contribution in [2.24, 2.45) is 0 Å². The third-order valence-electron chi connectivity index (χ3n) is 7.14. The highest BCUT2D eigenvalue weighted by Crippen LogP contribution is 2.35. The van der Waals surface area contributed by atoms with Gasteiger partial charge in [0, 0.05) is 17.8 Å². The maximum Gasteiger partial charge on any atom is 0.259 e. The maximum absolute atomic E-state index is 14.3. The number of ether oxygens (including phenoxy) is 4. The molecule has 0 saturated heterocycles. The zero-order chi connectivity index (χ0) is 30.3. The smallest absolute Gasteiger partial charge is 0.259 e. The van der Waals surface area contributed by atoms with Gasteiger partial charge in [-0.2, -0.15) is 0 Å². The Labute approximate surface area is 249 Å². The van der Waals surface area contributed by atoms with E-state index in [2.05, 4.69) is 5.32 Å². The fourth-order valence-corrected chi connectivity index (χ4v) is 5.00. The van der Waals surface area contributed by atoms with E-state index >= 15 is 0 Å². The zero-order valence-corrected chi connectivity index (χ0v) is 24.3. The minimum atomic E-state index is -1.10. The molecule has 1 atom stereocenters. The molecular weight excluding hydrogens is 551 g/mol. The van der Waals surface area contributed by atoms with Gasteiger partial charge in [-0.1, -0.05) is 30.3 Å². The number of benzene rings is 4. The first-order chi connectivity index (χ1) is 20.9. The summed E-state index contributed by atoms with van der Waals surface area (Å²) in [6, 6.07) is 22.4. The summed E-state index contributed by atoms with van der Waals surface area (Å²) in [4.78, 5) is 29.8. The van der Waals surface area contributed by atoms with Crippen LogP contribution < -0.4 is 29.2 Å². The lowest BCUT2D eigenvalue weighted by Crippen LogP contribution is -2.44. The fraction of sp³-hybridized carbons (Fsp3) is 0.235. The van der Waals surface area contributed by atoms with Gasteiger partial charge in [0.05, 0.1) is 14.2 Å². The van der Waals surface area contributed by atoms with Gasteiger partial charge in [0.2, 0.25) is 5.91 Å². The summed E-state index contributed by atoms with van der Waals surface area (Å²) in [6.07, 6.45) is 0.503. The van der Waals surface area contributed by atoms with Crippen molar-refractivity contribution in [2.45, 2.75) is 19.4 Å². The molecule has 8 nitrogen and oxygen atoms in total. The predicted octanol–water partition coefficient (Wildman–Crippen LogP) is 5.67. The third kappa shape index (κ3) is 6.72. The van der Waals surface area contributed by atoms with Crippen LogP contribution in [0.2, 0.25) is 0 Å². The van der Waals surface area contributed by atoms with E-state index < -0.39 is 23.7 Å². The molecule has 1 heterocycles. The van der Waals surface area contributed by atoms with Crippen molar-refractivity contribution >= 4 is 17.5 Å². The molecule has 0 saturated carbocycles. The molecule has 1 aliphatic rings. The largest absolute Gasteiger partial charge is 0.493 e. The minimum absolute atomic E-state index is 0.284. The molecule has 43 heavy (non-hydrogen) atoms. The number of halogens is 1. The molecule has 0 bridgehead atoms. The van der Waals surface area contributed by atoms with Crippen molar-refractivity contribution in [3.05, 3.63) is 113 Å². The van der Waals surface area contributed by atoms with Gasteiger partial charge < -0.3 is 24.3 Å². The van der Waals surface area contributed by atoms with E-state index in [9.17, 15) is 14.0 Å². The lowest BCUT2D eigenvalue weighted by atomic mass is 10.0. The summed E-state index contributed by atoms with van der Waals surface area (Å²) < 4.78 is 36.1. The second-order valence-corrected chi connectivity index (χ2v) is 10.1. The number of nitrogens with one attached hydrogen (secondary N) is 1. The average molecular weight is 585 g/mol. The van der Waals surface area contributed by atoms with E-state index in [1.165, 1.54) is 29.2 Å². The van der Waals surface area contributed by atoms with Crippen molar-refractivity contribution in [1.29, 1.82) is 0 Å². The lowest BCUT2D eigenvalue weighted by Gasteiger charge is -2.32.